The first-order valence-corrected chi connectivity index (χ1v) is 8.00. The Labute approximate surface area is 142 Å². The van der Waals surface area contributed by atoms with Crippen LogP contribution in [0, 0.1) is 10.1 Å². The molecule has 7 heteroatoms. The van der Waals surface area contributed by atoms with Crippen molar-refractivity contribution in [3.8, 4) is 5.75 Å². The lowest BCUT2D eigenvalue weighted by Crippen LogP contribution is -2.54. The summed E-state index contributed by atoms with van der Waals surface area (Å²) in [5.74, 6) is 0.441. The maximum atomic E-state index is 11.1. The van der Waals surface area contributed by atoms with Gasteiger partial charge in [0, 0.05) is 5.56 Å². The first-order chi connectivity index (χ1) is 10.8. The van der Waals surface area contributed by atoms with E-state index in [9.17, 15) is 15.2 Å². The second-order valence-corrected chi connectivity index (χ2v) is 6.90. The van der Waals surface area contributed by atoms with Gasteiger partial charge in [-0.1, -0.05) is 13.8 Å². The number of likely N-dealkylation sites (tertiary alicyclic amines) is 1. The van der Waals surface area contributed by atoms with Gasteiger partial charge in [-0.3, -0.25) is 15.0 Å². The topological polar surface area (TPSA) is 102 Å². The molecule has 3 rings (SSSR count). The van der Waals surface area contributed by atoms with Gasteiger partial charge in [-0.15, -0.1) is 0 Å². The van der Waals surface area contributed by atoms with Crippen LogP contribution in [-0.4, -0.2) is 39.7 Å². The van der Waals surface area contributed by atoms with Crippen molar-refractivity contribution >= 4 is 11.4 Å². The molecule has 0 spiro atoms. The molecule has 0 bridgehead atoms. The molecule has 0 aliphatic carbocycles. The van der Waals surface area contributed by atoms with Crippen molar-refractivity contribution in [3.05, 3.63) is 27.8 Å². The van der Waals surface area contributed by atoms with E-state index < -0.39 is 16.6 Å². The van der Waals surface area contributed by atoms with Crippen molar-refractivity contribution in [3.63, 3.8) is 0 Å². The molecular formula is C17H27N3O4. The summed E-state index contributed by atoms with van der Waals surface area (Å²) in [6, 6.07) is 2.72. The lowest BCUT2D eigenvalue weighted by molar-refractivity contribution is -0.384. The Balaban J connectivity index is 0.00000208. The van der Waals surface area contributed by atoms with Crippen LogP contribution in [0.15, 0.2) is 12.1 Å². The van der Waals surface area contributed by atoms with Gasteiger partial charge >= 0.3 is 0 Å². The molecule has 2 aliphatic heterocycles. The summed E-state index contributed by atoms with van der Waals surface area (Å²) in [5.41, 5.74) is 5.71. The van der Waals surface area contributed by atoms with E-state index in [1.54, 1.807) is 19.9 Å². The maximum absolute atomic E-state index is 11.1. The lowest BCUT2D eigenvalue weighted by atomic mass is 9.84. The molecule has 2 atom stereocenters. The summed E-state index contributed by atoms with van der Waals surface area (Å²) in [6.45, 7) is 5.40. The molecule has 7 nitrogen and oxygen atoms in total. The maximum Gasteiger partial charge on any atom is 0.295 e. The Bertz CT molecular complexity index is 627. The monoisotopic (exact) mass is 337 g/mol. The van der Waals surface area contributed by atoms with E-state index in [0.717, 1.165) is 31.5 Å². The second kappa shape index (κ2) is 6.57. The van der Waals surface area contributed by atoms with E-state index in [0.29, 0.717) is 5.75 Å². The molecule has 24 heavy (non-hydrogen) atoms. The van der Waals surface area contributed by atoms with Crippen molar-refractivity contribution in [1.82, 2.24) is 4.90 Å². The fourth-order valence-corrected chi connectivity index (χ4v) is 3.57. The Morgan fingerprint density at radius 2 is 1.96 bits per heavy atom. The van der Waals surface area contributed by atoms with E-state index in [1.165, 1.54) is 12.5 Å². The number of nitrogens with two attached hydrogens (primary N) is 1. The molecule has 2 heterocycles. The summed E-state index contributed by atoms with van der Waals surface area (Å²) in [4.78, 5) is 12.9. The minimum Gasteiger partial charge on any atom is -0.484 e. The number of nitrogens with zero attached hydrogens (tertiary/aromatic N) is 2. The number of aliphatic hydroxyl groups is 1. The average molecular weight is 337 g/mol. The van der Waals surface area contributed by atoms with Gasteiger partial charge in [0.05, 0.1) is 17.0 Å². The molecule has 3 N–H and O–H groups in total. The minimum atomic E-state index is -0.820. The van der Waals surface area contributed by atoms with E-state index in [1.807, 2.05) is 0 Å². The first kappa shape index (κ1) is 18.5. The SMILES string of the molecule is C.CC1(C)Oc2cc([N+](=O)[O-])c(N)cc2C(N2CCCCC2)C1O. The van der Waals surface area contributed by atoms with Crippen LogP contribution in [-0.2, 0) is 0 Å². The highest BCUT2D eigenvalue weighted by Gasteiger charge is 2.46. The number of benzene rings is 1. The molecule has 1 aromatic rings. The molecule has 1 saturated heterocycles. The first-order valence-electron chi connectivity index (χ1n) is 8.00. The average Bonchev–Trinajstić information content (AvgIpc) is 2.49. The minimum absolute atomic E-state index is 0. The quantitative estimate of drug-likeness (QED) is 0.489. The van der Waals surface area contributed by atoms with Gasteiger partial charge in [0.2, 0.25) is 0 Å². The highest BCUT2D eigenvalue weighted by molar-refractivity contribution is 5.65. The smallest absolute Gasteiger partial charge is 0.295 e. The van der Waals surface area contributed by atoms with Crippen LogP contribution in [0.4, 0.5) is 11.4 Å². The van der Waals surface area contributed by atoms with Crippen LogP contribution in [0.25, 0.3) is 0 Å². The van der Waals surface area contributed by atoms with Crippen LogP contribution >= 0.6 is 0 Å². The number of rotatable bonds is 2. The largest absolute Gasteiger partial charge is 0.484 e. The zero-order chi connectivity index (χ0) is 16.8. The summed E-state index contributed by atoms with van der Waals surface area (Å²) < 4.78 is 5.86. The molecular weight excluding hydrogens is 310 g/mol. The molecule has 0 radical (unpaired) electrons. The van der Waals surface area contributed by atoms with E-state index in [2.05, 4.69) is 4.90 Å². The van der Waals surface area contributed by atoms with Gasteiger partial charge in [0.15, 0.2) is 0 Å². The Morgan fingerprint density at radius 1 is 1.33 bits per heavy atom. The third kappa shape index (κ3) is 3.06. The van der Waals surface area contributed by atoms with E-state index in [-0.39, 0.29) is 24.8 Å². The summed E-state index contributed by atoms with van der Waals surface area (Å²) >= 11 is 0. The van der Waals surface area contributed by atoms with Crippen LogP contribution in [0.3, 0.4) is 0 Å². The van der Waals surface area contributed by atoms with E-state index >= 15 is 0 Å². The molecule has 1 aromatic carbocycles. The van der Waals surface area contributed by atoms with Crippen molar-refractivity contribution in [2.75, 3.05) is 18.8 Å². The van der Waals surface area contributed by atoms with Gasteiger partial charge in [-0.05, 0) is 45.8 Å². The number of hydrogen-bond donors (Lipinski definition) is 2. The standard InChI is InChI=1S/C16H23N3O4.CH4/c1-16(2)15(20)14(18-6-4-3-5-7-18)10-8-11(17)12(19(21)22)9-13(10)23-16;/h8-9,14-15,20H,3-7,17H2,1-2H3;1H4. The van der Waals surface area contributed by atoms with Crippen molar-refractivity contribution in [2.24, 2.45) is 0 Å². The predicted octanol–water partition coefficient (Wildman–Crippen LogP) is 2.87. The van der Waals surface area contributed by atoms with Crippen molar-refractivity contribution < 1.29 is 14.8 Å². The normalized spacial score (nSPS) is 26.0. The van der Waals surface area contributed by atoms with Gasteiger partial charge in [0.1, 0.15) is 23.1 Å². The molecule has 2 unspecified atom stereocenters. The lowest BCUT2D eigenvalue weighted by Gasteiger charge is -2.47. The fraction of sp³-hybridized carbons (Fsp3) is 0.647. The van der Waals surface area contributed by atoms with Gasteiger partial charge in [0.25, 0.3) is 5.69 Å². The predicted molar refractivity (Wildman–Crippen MR) is 93.1 cm³/mol. The molecule has 134 valence electrons. The number of piperidine rings is 1. The summed E-state index contributed by atoms with van der Waals surface area (Å²) in [7, 11) is 0. The number of nitro groups is 1. The highest BCUT2D eigenvalue weighted by atomic mass is 16.6. The highest BCUT2D eigenvalue weighted by Crippen LogP contribution is 2.46. The third-order valence-corrected chi connectivity index (χ3v) is 4.84. The fourth-order valence-electron chi connectivity index (χ4n) is 3.57. The molecule has 2 aliphatic rings. The van der Waals surface area contributed by atoms with Gasteiger partial charge in [-0.2, -0.15) is 0 Å². The molecule has 0 amide bonds. The zero-order valence-electron chi connectivity index (χ0n) is 13.5. The van der Waals surface area contributed by atoms with E-state index in [4.69, 9.17) is 10.5 Å². The zero-order valence-corrected chi connectivity index (χ0v) is 13.5. The van der Waals surface area contributed by atoms with Crippen molar-refractivity contribution in [1.29, 1.82) is 0 Å². The van der Waals surface area contributed by atoms with Crippen LogP contribution in [0.1, 0.15) is 52.1 Å². The van der Waals surface area contributed by atoms with Gasteiger partial charge in [-0.25, -0.2) is 0 Å². The number of ether oxygens (including phenoxy) is 1. The third-order valence-electron chi connectivity index (χ3n) is 4.84. The molecule has 0 aromatic heterocycles. The number of nitrogen functional groups attached to an aromatic ring is 1. The Kier molecular flexibility index (Phi) is 5.05. The summed E-state index contributed by atoms with van der Waals surface area (Å²) in [5, 5.41) is 22.0. The van der Waals surface area contributed by atoms with Crippen LogP contribution in [0.5, 0.6) is 5.75 Å². The number of aliphatic hydroxyl groups excluding tert-OH is 1. The summed E-state index contributed by atoms with van der Waals surface area (Å²) in [6.07, 6.45) is 2.63. The molecule has 1 fully saturated rings. The number of nitro benzene ring substituents is 1. The second-order valence-electron chi connectivity index (χ2n) is 6.90. The number of anilines is 1. The Hall–Kier alpha value is -1.86. The van der Waals surface area contributed by atoms with Crippen molar-refractivity contribution in [2.45, 2.75) is 58.3 Å². The molecule has 0 saturated carbocycles. The van der Waals surface area contributed by atoms with Crippen LogP contribution < -0.4 is 10.5 Å². The van der Waals surface area contributed by atoms with Gasteiger partial charge < -0.3 is 15.6 Å². The number of fused-ring (bicyclic) bond motifs is 1. The number of hydrogen-bond acceptors (Lipinski definition) is 6. The van der Waals surface area contributed by atoms with Crippen LogP contribution in [0.2, 0.25) is 0 Å². The Morgan fingerprint density at radius 3 is 2.54 bits per heavy atom.